The summed E-state index contributed by atoms with van der Waals surface area (Å²) in [5, 5.41) is 50.8. The third kappa shape index (κ3) is 11.6. The molecule has 16 nitrogen and oxygen atoms in total. The number of ether oxygens (including phenoxy) is 7. The Morgan fingerprint density at radius 2 is 1.16 bits per heavy atom. The maximum atomic E-state index is 13.0. The van der Waals surface area contributed by atoms with Gasteiger partial charge in [-0.2, -0.15) is 0 Å². The Kier molecular flexibility index (Phi) is 18.3. The minimum atomic E-state index is -0.487. The van der Waals surface area contributed by atoms with Gasteiger partial charge in [-0.1, -0.05) is 24.3 Å². The van der Waals surface area contributed by atoms with E-state index in [1.165, 1.54) is 0 Å². The van der Waals surface area contributed by atoms with Gasteiger partial charge in [-0.15, -0.1) is 0 Å². The lowest BCUT2D eigenvalue weighted by molar-refractivity contribution is -0.941. The normalized spacial score (nSPS) is 19.5. The van der Waals surface area contributed by atoms with Gasteiger partial charge in [-0.05, 0) is 57.6 Å². The highest BCUT2D eigenvalue weighted by molar-refractivity contribution is 5.77. The van der Waals surface area contributed by atoms with Crippen LogP contribution in [0, 0.1) is 0 Å². The van der Waals surface area contributed by atoms with Crippen LogP contribution in [-0.4, -0.2) is 135 Å². The lowest BCUT2D eigenvalue weighted by atomic mass is 9.82. The molecule has 2 heterocycles. The number of aliphatic hydroxyl groups is 5. The Balaban J connectivity index is 1.06. The van der Waals surface area contributed by atoms with Crippen LogP contribution < -0.4 is 23.7 Å². The molecule has 4 atom stereocenters. The molecule has 6 rings (SSSR count). The molecule has 4 aromatic rings. The molecule has 4 unspecified atom stereocenters. The van der Waals surface area contributed by atoms with E-state index in [1.807, 2.05) is 48.5 Å². The fourth-order valence-electron chi connectivity index (χ4n) is 10.7. The summed E-state index contributed by atoms with van der Waals surface area (Å²) in [6.45, 7) is 1.97. The van der Waals surface area contributed by atoms with Gasteiger partial charge in [0.1, 0.15) is 17.8 Å². The lowest BCUT2D eigenvalue weighted by Crippen LogP contribution is -2.53. The number of hydrogen-bond acceptors (Lipinski definition) is 14. The predicted molar refractivity (Wildman–Crippen MR) is 256 cm³/mol. The number of carbonyl (C=O) groups is 2. The van der Waals surface area contributed by atoms with Gasteiger partial charge in [0.25, 0.3) is 0 Å². The second-order valence-corrected chi connectivity index (χ2v) is 18.5. The van der Waals surface area contributed by atoms with E-state index >= 15 is 0 Å². The number of hydrogen-bond donors (Lipinski definition) is 5. The number of esters is 2. The molecule has 4 aromatic carbocycles. The molecule has 0 saturated carbocycles. The van der Waals surface area contributed by atoms with Crippen LogP contribution in [0.2, 0.25) is 0 Å². The number of fused-ring (bicyclic) bond motifs is 2. The Hall–Kier alpha value is -5.46. The summed E-state index contributed by atoms with van der Waals surface area (Å²) < 4.78 is 41.1. The maximum Gasteiger partial charge on any atom is 0.306 e. The molecule has 376 valence electrons. The summed E-state index contributed by atoms with van der Waals surface area (Å²) in [5.74, 6) is 1.82. The van der Waals surface area contributed by atoms with Crippen LogP contribution in [0.15, 0.2) is 48.5 Å². The molecular weight excluding hydrogens is 889 g/mol. The Morgan fingerprint density at radius 1 is 0.580 bits per heavy atom. The molecule has 0 saturated heterocycles. The number of likely N-dealkylation sites (N-methyl/N-ethyl adjacent to an activating group) is 2. The molecule has 0 aliphatic carbocycles. The quantitative estimate of drug-likeness (QED) is 0.0360. The van der Waals surface area contributed by atoms with E-state index in [1.54, 1.807) is 35.5 Å². The largest absolute Gasteiger partial charge is 0.496 e. The predicted octanol–water partition coefficient (Wildman–Crippen LogP) is 4.92. The van der Waals surface area contributed by atoms with Crippen molar-refractivity contribution in [3.05, 3.63) is 110 Å². The van der Waals surface area contributed by atoms with Crippen LogP contribution in [0.3, 0.4) is 0 Å². The summed E-state index contributed by atoms with van der Waals surface area (Å²) >= 11 is 0. The van der Waals surface area contributed by atoms with Crippen molar-refractivity contribution in [2.75, 3.05) is 89.0 Å². The standard InChI is InChI=1S/C53H72N2O14/c1-54(18-15-36-24-40(31-58)43(33-60)53(67-7)50(36)44(54)23-34-10-11-37(29-56)39(22-34)30-57)16-8-20-68-48(61)12-13-49(62)69-21-9-17-55(2)19-14-35-26-45(63-3)46(64-4)28-42(35)51(55)38-25-41(32-59)52(66-6)47(27-38)65-5/h10-11,22,24-28,44,51,56-60H,8-9,12-21,23,29-33H2,1-7H3/q+2. The van der Waals surface area contributed by atoms with Gasteiger partial charge in [-0.25, -0.2) is 0 Å². The summed E-state index contributed by atoms with van der Waals surface area (Å²) in [7, 11) is 12.2. The summed E-state index contributed by atoms with van der Waals surface area (Å²) in [4.78, 5) is 25.9. The average molecular weight is 961 g/mol. The SMILES string of the molecule is COc1cc2c(cc1OC)C(c1cc(CO)c(OC)c(OC)c1)[N+](C)(CCCOC(=O)CCC(=O)OCCC[N+]1(C)CCc3cc(CO)c(CO)c(OC)c3C1Cc1ccc(CO)c(CO)c1)CC2. The van der Waals surface area contributed by atoms with Crippen molar-refractivity contribution in [3.8, 4) is 28.7 Å². The molecule has 0 spiro atoms. The van der Waals surface area contributed by atoms with Crippen LogP contribution >= 0.6 is 0 Å². The summed E-state index contributed by atoms with van der Waals surface area (Å²) in [5.41, 5.74) is 9.13. The van der Waals surface area contributed by atoms with Crippen molar-refractivity contribution in [1.82, 2.24) is 0 Å². The first kappa shape index (κ1) is 52.9. The highest BCUT2D eigenvalue weighted by Crippen LogP contribution is 2.48. The number of carbonyl (C=O) groups excluding carboxylic acids is 2. The minimum absolute atomic E-state index is 0.113. The first-order valence-corrected chi connectivity index (χ1v) is 23.6. The van der Waals surface area contributed by atoms with Crippen molar-refractivity contribution < 1.29 is 77.2 Å². The second kappa shape index (κ2) is 23.9. The molecule has 2 aliphatic rings. The molecular formula is C53H72N2O14+2. The van der Waals surface area contributed by atoms with Gasteiger partial charge in [-0.3, -0.25) is 9.59 Å². The van der Waals surface area contributed by atoms with Gasteiger partial charge in [0.2, 0.25) is 0 Å². The van der Waals surface area contributed by atoms with E-state index < -0.39 is 11.9 Å². The van der Waals surface area contributed by atoms with E-state index in [0.717, 1.165) is 52.9 Å². The van der Waals surface area contributed by atoms with Crippen molar-refractivity contribution in [2.24, 2.45) is 0 Å². The molecule has 0 bridgehead atoms. The van der Waals surface area contributed by atoms with E-state index in [0.29, 0.717) is 104 Å². The van der Waals surface area contributed by atoms with Crippen LogP contribution in [-0.2, 0) is 71.4 Å². The van der Waals surface area contributed by atoms with E-state index in [-0.39, 0.29) is 71.2 Å². The highest BCUT2D eigenvalue weighted by atomic mass is 16.5. The number of methoxy groups -OCH3 is 5. The van der Waals surface area contributed by atoms with E-state index in [9.17, 15) is 35.1 Å². The zero-order valence-corrected chi connectivity index (χ0v) is 41.3. The number of aliphatic hydroxyl groups excluding tert-OH is 5. The Bertz CT molecular complexity index is 2400. The van der Waals surface area contributed by atoms with Crippen molar-refractivity contribution >= 4 is 11.9 Å². The summed E-state index contributed by atoms with van der Waals surface area (Å²) in [6, 6.07) is 15.2. The van der Waals surface area contributed by atoms with Gasteiger partial charge in [0.15, 0.2) is 23.0 Å². The Morgan fingerprint density at radius 3 is 1.74 bits per heavy atom. The van der Waals surface area contributed by atoms with Gasteiger partial charge >= 0.3 is 11.9 Å². The number of nitrogens with zero attached hydrogens (tertiary/aromatic N) is 2. The molecule has 0 amide bonds. The van der Waals surface area contributed by atoms with Gasteiger partial charge < -0.3 is 67.7 Å². The third-order valence-electron chi connectivity index (χ3n) is 14.4. The van der Waals surface area contributed by atoms with E-state index in [4.69, 9.17) is 33.2 Å². The smallest absolute Gasteiger partial charge is 0.306 e. The van der Waals surface area contributed by atoms with E-state index in [2.05, 4.69) is 14.1 Å². The highest BCUT2D eigenvalue weighted by Gasteiger charge is 2.43. The van der Waals surface area contributed by atoms with Crippen LogP contribution in [0.4, 0.5) is 0 Å². The zero-order chi connectivity index (χ0) is 49.9. The first-order valence-electron chi connectivity index (χ1n) is 23.6. The summed E-state index contributed by atoms with van der Waals surface area (Å²) in [6.07, 6.45) is 2.91. The molecule has 5 N–H and O–H groups in total. The average Bonchev–Trinajstić information content (AvgIpc) is 3.37. The lowest BCUT2D eigenvalue weighted by Gasteiger charge is -2.46. The monoisotopic (exact) mass is 960 g/mol. The van der Waals surface area contributed by atoms with Gasteiger partial charge in [0.05, 0.1) is 140 Å². The van der Waals surface area contributed by atoms with Crippen molar-refractivity contribution in [3.63, 3.8) is 0 Å². The zero-order valence-electron chi connectivity index (χ0n) is 41.3. The maximum absolute atomic E-state index is 13.0. The van der Waals surface area contributed by atoms with Crippen LogP contribution in [0.1, 0.15) is 99.0 Å². The second-order valence-electron chi connectivity index (χ2n) is 18.5. The number of quaternary nitrogens is 2. The topological polar surface area (TPSA) is 200 Å². The molecule has 0 aromatic heterocycles. The molecule has 16 heteroatoms. The molecule has 0 radical (unpaired) electrons. The van der Waals surface area contributed by atoms with Crippen molar-refractivity contribution in [2.45, 2.75) is 90.1 Å². The van der Waals surface area contributed by atoms with Crippen LogP contribution in [0.5, 0.6) is 28.7 Å². The van der Waals surface area contributed by atoms with Crippen molar-refractivity contribution in [1.29, 1.82) is 0 Å². The fourth-order valence-corrected chi connectivity index (χ4v) is 10.7. The van der Waals surface area contributed by atoms with Gasteiger partial charge in [0, 0.05) is 54.4 Å². The fraction of sp³-hybridized carbons (Fsp3) is 0.509. The first-order chi connectivity index (χ1) is 33.3. The van der Waals surface area contributed by atoms with Crippen LogP contribution in [0.25, 0.3) is 0 Å². The molecule has 69 heavy (non-hydrogen) atoms. The number of rotatable bonds is 24. The third-order valence-corrected chi connectivity index (χ3v) is 14.4. The minimum Gasteiger partial charge on any atom is -0.496 e. The number of benzene rings is 4. The molecule has 0 fully saturated rings. The Labute approximate surface area is 405 Å². The molecule has 2 aliphatic heterocycles.